The van der Waals surface area contributed by atoms with Gasteiger partial charge in [0.2, 0.25) is 0 Å². The molecule has 0 spiro atoms. The van der Waals surface area contributed by atoms with Crippen LogP contribution in [-0.4, -0.2) is 29.1 Å². The molecule has 0 bridgehead atoms. The van der Waals surface area contributed by atoms with Gasteiger partial charge in [0.05, 0.1) is 0 Å². The summed E-state index contributed by atoms with van der Waals surface area (Å²) in [6.45, 7) is 6.21. The lowest BCUT2D eigenvalue weighted by Crippen LogP contribution is -2.28. The van der Waals surface area contributed by atoms with Gasteiger partial charge in [-0.1, -0.05) is 13.8 Å². The first-order valence-corrected chi connectivity index (χ1v) is 6.57. The van der Waals surface area contributed by atoms with Crippen LogP contribution in [0.2, 0.25) is 0 Å². The Labute approximate surface area is 103 Å². The van der Waals surface area contributed by atoms with Crippen molar-refractivity contribution >= 4 is 5.82 Å². The average Bonchev–Trinajstić information content (AvgIpc) is 2.34. The second kappa shape index (κ2) is 5.96. The summed E-state index contributed by atoms with van der Waals surface area (Å²) in [5.74, 6) is 1.04. The van der Waals surface area contributed by atoms with Crippen LogP contribution in [0.25, 0.3) is 0 Å². The molecule has 0 aromatic carbocycles. The first-order chi connectivity index (χ1) is 8.27. The van der Waals surface area contributed by atoms with E-state index in [0.29, 0.717) is 6.04 Å². The molecule has 0 saturated heterocycles. The van der Waals surface area contributed by atoms with Crippen LogP contribution in [0, 0.1) is 0 Å². The van der Waals surface area contributed by atoms with Gasteiger partial charge < -0.3 is 10.6 Å². The van der Waals surface area contributed by atoms with E-state index in [4.69, 9.17) is 0 Å². The molecule has 1 aromatic heterocycles. The molecular formula is C13H22N4. The number of aryl methyl sites for hydroxylation is 1. The maximum atomic E-state index is 4.37. The molecule has 17 heavy (non-hydrogen) atoms. The molecule has 0 fully saturated rings. The molecule has 1 aromatic rings. The summed E-state index contributed by atoms with van der Waals surface area (Å²) in [5, 5.41) is 6.80. The van der Waals surface area contributed by atoms with Crippen LogP contribution in [0.5, 0.6) is 0 Å². The number of anilines is 1. The van der Waals surface area contributed by atoms with Crippen molar-refractivity contribution in [3.63, 3.8) is 0 Å². The van der Waals surface area contributed by atoms with Crippen LogP contribution in [-0.2, 0) is 12.8 Å². The number of nitrogens with zero attached hydrogens (tertiary/aromatic N) is 2. The van der Waals surface area contributed by atoms with Crippen molar-refractivity contribution in [2.24, 2.45) is 0 Å². The van der Waals surface area contributed by atoms with Crippen molar-refractivity contribution in [1.82, 2.24) is 15.3 Å². The largest absolute Gasteiger partial charge is 0.368 e. The summed E-state index contributed by atoms with van der Waals surface area (Å²) in [5.41, 5.74) is 2.58. The minimum atomic E-state index is 0.538. The molecule has 1 aliphatic rings. The summed E-state index contributed by atoms with van der Waals surface area (Å²) in [7, 11) is 0. The second-order valence-corrected chi connectivity index (χ2v) is 4.89. The summed E-state index contributed by atoms with van der Waals surface area (Å²) < 4.78 is 0. The third-order valence-electron chi connectivity index (χ3n) is 3.09. The molecule has 1 heterocycles. The molecule has 0 radical (unpaired) electrons. The zero-order valence-corrected chi connectivity index (χ0v) is 10.8. The highest BCUT2D eigenvalue weighted by atomic mass is 15.0. The van der Waals surface area contributed by atoms with E-state index in [1.807, 2.05) is 0 Å². The number of hydrogen-bond donors (Lipinski definition) is 2. The molecule has 1 aliphatic carbocycles. The van der Waals surface area contributed by atoms with Gasteiger partial charge in [0.1, 0.15) is 12.1 Å². The van der Waals surface area contributed by atoms with Gasteiger partial charge in [-0.25, -0.2) is 9.97 Å². The Kier molecular flexibility index (Phi) is 4.31. The van der Waals surface area contributed by atoms with E-state index in [9.17, 15) is 0 Å². The number of aromatic nitrogens is 2. The quantitative estimate of drug-likeness (QED) is 0.762. The van der Waals surface area contributed by atoms with E-state index in [1.165, 1.54) is 24.1 Å². The minimum Gasteiger partial charge on any atom is -0.368 e. The lowest BCUT2D eigenvalue weighted by Gasteiger charge is -2.18. The fraction of sp³-hybridized carbons (Fsp3) is 0.692. The first-order valence-electron chi connectivity index (χ1n) is 6.57. The molecule has 4 nitrogen and oxygen atoms in total. The van der Waals surface area contributed by atoms with Crippen LogP contribution in [0.3, 0.4) is 0 Å². The predicted molar refractivity (Wildman–Crippen MR) is 70.3 cm³/mol. The van der Waals surface area contributed by atoms with Gasteiger partial charge in [-0.05, 0) is 25.7 Å². The van der Waals surface area contributed by atoms with E-state index in [2.05, 4.69) is 34.4 Å². The molecule has 2 rings (SSSR count). The fourth-order valence-electron chi connectivity index (χ4n) is 2.22. The van der Waals surface area contributed by atoms with Gasteiger partial charge in [-0.15, -0.1) is 0 Å². The van der Waals surface area contributed by atoms with Gasteiger partial charge >= 0.3 is 0 Å². The highest BCUT2D eigenvalue weighted by Gasteiger charge is 2.14. The van der Waals surface area contributed by atoms with Gasteiger partial charge in [-0.2, -0.15) is 0 Å². The molecule has 4 heteroatoms. The highest BCUT2D eigenvalue weighted by Crippen LogP contribution is 2.23. The normalized spacial score (nSPS) is 14.8. The fourth-order valence-corrected chi connectivity index (χ4v) is 2.22. The number of fused-ring (bicyclic) bond motifs is 1. The molecule has 0 unspecified atom stereocenters. The van der Waals surface area contributed by atoms with Crippen LogP contribution >= 0.6 is 0 Å². The van der Waals surface area contributed by atoms with Crippen molar-refractivity contribution in [2.75, 3.05) is 18.4 Å². The lowest BCUT2D eigenvalue weighted by molar-refractivity contribution is 0.601. The molecule has 0 amide bonds. The Bertz CT molecular complexity index is 362. The number of nitrogens with one attached hydrogen (secondary N) is 2. The maximum Gasteiger partial charge on any atom is 0.132 e. The van der Waals surface area contributed by atoms with Crippen molar-refractivity contribution in [1.29, 1.82) is 0 Å². The molecular weight excluding hydrogens is 212 g/mol. The monoisotopic (exact) mass is 234 g/mol. The number of rotatable bonds is 5. The first kappa shape index (κ1) is 12.3. The minimum absolute atomic E-state index is 0.538. The Balaban J connectivity index is 1.92. The third kappa shape index (κ3) is 3.40. The van der Waals surface area contributed by atoms with Crippen LogP contribution < -0.4 is 10.6 Å². The van der Waals surface area contributed by atoms with E-state index in [1.54, 1.807) is 6.33 Å². The summed E-state index contributed by atoms with van der Waals surface area (Å²) in [6.07, 6.45) is 6.44. The lowest BCUT2D eigenvalue weighted by atomic mass is 9.96. The Morgan fingerprint density at radius 3 is 2.82 bits per heavy atom. The van der Waals surface area contributed by atoms with Crippen LogP contribution in [0.4, 0.5) is 5.82 Å². The molecule has 0 aliphatic heterocycles. The molecule has 94 valence electrons. The van der Waals surface area contributed by atoms with E-state index < -0.39 is 0 Å². The Morgan fingerprint density at radius 1 is 1.18 bits per heavy atom. The van der Waals surface area contributed by atoms with Crippen molar-refractivity contribution < 1.29 is 0 Å². The topological polar surface area (TPSA) is 49.8 Å². The summed E-state index contributed by atoms with van der Waals surface area (Å²) in [6, 6.07) is 0.538. The Hall–Kier alpha value is -1.16. The van der Waals surface area contributed by atoms with Crippen molar-refractivity contribution in [2.45, 2.75) is 45.6 Å². The number of hydrogen-bond acceptors (Lipinski definition) is 4. The van der Waals surface area contributed by atoms with Crippen molar-refractivity contribution in [3.05, 3.63) is 17.6 Å². The standard InChI is InChI=1S/C13H22N4/c1-10(2)14-7-8-15-13-11-5-3-4-6-12(11)16-9-17-13/h9-10,14H,3-8H2,1-2H3,(H,15,16,17). The van der Waals surface area contributed by atoms with Crippen molar-refractivity contribution in [3.8, 4) is 0 Å². The van der Waals surface area contributed by atoms with E-state index in [0.717, 1.165) is 31.7 Å². The van der Waals surface area contributed by atoms with Gasteiger partial charge in [0.15, 0.2) is 0 Å². The van der Waals surface area contributed by atoms with Gasteiger partial charge in [-0.3, -0.25) is 0 Å². The van der Waals surface area contributed by atoms with E-state index in [-0.39, 0.29) is 0 Å². The maximum absolute atomic E-state index is 4.37. The third-order valence-corrected chi connectivity index (χ3v) is 3.09. The Morgan fingerprint density at radius 2 is 2.00 bits per heavy atom. The second-order valence-electron chi connectivity index (χ2n) is 4.89. The van der Waals surface area contributed by atoms with Crippen LogP contribution in [0.15, 0.2) is 6.33 Å². The molecule has 0 atom stereocenters. The summed E-state index contributed by atoms with van der Waals surface area (Å²) in [4.78, 5) is 8.73. The molecule has 0 saturated carbocycles. The smallest absolute Gasteiger partial charge is 0.132 e. The van der Waals surface area contributed by atoms with E-state index >= 15 is 0 Å². The highest BCUT2D eigenvalue weighted by molar-refractivity contribution is 5.46. The zero-order valence-electron chi connectivity index (χ0n) is 10.8. The van der Waals surface area contributed by atoms with Crippen LogP contribution in [0.1, 0.15) is 37.9 Å². The average molecular weight is 234 g/mol. The molecule has 2 N–H and O–H groups in total. The van der Waals surface area contributed by atoms with Gasteiger partial charge in [0, 0.05) is 30.4 Å². The zero-order chi connectivity index (χ0) is 12.1. The SMILES string of the molecule is CC(C)NCCNc1ncnc2c1CCCC2. The predicted octanol–water partition coefficient (Wildman–Crippen LogP) is 1.77. The summed E-state index contributed by atoms with van der Waals surface area (Å²) >= 11 is 0. The van der Waals surface area contributed by atoms with Gasteiger partial charge in [0.25, 0.3) is 0 Å².